The van der Waals surface area contributed by atoms with Crippen molar-refractivity contribution < 1.29 is 14.6 Å². The first-order chi connectivity index (χ1) is 8.99. The van der Waals surface area contributed by atoms with Gasteiger partial charge in [-0.2, -0.15) is 0 Å². The molecule has 0 fully saturated rings. The summed E-state index contributed by atoms with van der Waals surface area (Å²) in [4.78, 5) is 16.6. The van der Waals surface area contributed by atoms with Gasteiger partial charge in [-0.25, -0.2) is 9.78 Å². The molecule has 0 aliphatic carbocycles. The lowest BCUT2D eigenvalue weighted by Gasteiger charge is -2.05. The number of hydrogen-bond donors (Lipinski definition) is 1. The summed E-state index contributed by atoms with van der Waals surface area (Å²) in [6, 6.07) is 1.81. The molecule has 0 saturated carbocycles. The van der Waals surface area contributed by atoms with Gasteiger partial charge in [0, 0.05) is 24.3 Å². The third-order valence-corrected chi connectivity index (χ3v) is 4.16. The molecule has 0 bridgehead atoms. The second kappa shape index (κ2) is 5.44. The molecule has 2 aromatic heterocycles. The van der Waals surface area contributed by atoms with E-state index in [-0.39, 0.29) is 17.4 Å². The molecule has 0 saturated heterocycles. The topological polar surface area (TPSA) is 64.4 Å². The van der Waals surface area contributed by atoms with E-state index >= 15 is 0 Å². The van der Waals surface area contributed by atoms with Crippen molar-refractivity contribution in [3.05, 3.63) is 34.0 Å². The predicted molar refractivity (Wildman–Crippen MR) is 72.9 cm³/mol. The van der Waals surface area contributed by atoms with Gasteiger partial charge in [-0.15, -0.1) is 11.3 Å². The summed E-state index contributed by atoms with van der Waals surface area (Å²) >= 11 is 1.27. The van der Waals surface area contributed by atoms with Crippen molar-refractivity contribution in [1.29, 1.82) is 0 Å². The third kappa shape index (κ3) is 2.96. The van der Waals surface area contributed by atoms with Gasteiger partial charge >= 0.3 is 5.97 Å². The number of rotatable bonds is 5. The van der Waals surface area contributed by atoms with Crippen molar-refractivity contribution in [1.82, 2.24) is 9.55 Å². The molecule has 6 heteroatoms. The van der Waals surface area contributed by atoms with Gasteiger partial charge < -0.3 is 14.4 Å². The Labute approximate surface area is 115 Å². The molecule has 0 aliphatic rings. The molecule has 2 heterocycles. The van der Waals surface area contributed by atoms with E-state index in [9.17, 15) is 9.90 Å². The van der Waals surface area contributed by atoms with Crippen LogP contribution < -0.4 is 4.74 Å². The van der Waals surface area contributed by atoms with Crippen molar-refractivity contribution in [3.8, 4) is 5.75 Å². The van der Waals surface area contributed by atoms with Crippen LogP contribution in [0.2, 0.25) is 0 Å². The Bertz CT molecular complexity index is 586. The molecule has 0 unspecified atom stereocenters. The highest BCUT2D eigenvalue weighted by Gasteiger charge is 2.18. The third-order valence-electron chi connectivity index (χ3n) is 2.76. The van der Waals surface area contributed by atoms with Crippen LogP contribution in [0.3, 0.4) is 0 Å². The van der Waals surface area contributed by atoms with Gasteiger partial charge in [0.05, 0.1) is 0 Å². The molecule has 0 amide bonds. The molecular weight excluding hydrogens is 264 g/mol. The van der Waals surface area contributed by atoms with E-state index in [1.54, 1.807) is 6.20 Å². The normalized spacial score (nSPS) is 10.9. The Morgan fingerprint density at radius 2 is 2.32 bits per heavy atom. The molecule has 0 radical (unpaired) electrons. The lowest BCUT2D eigenvalue weighted by atomic mass is 10.2. The number of thiophene rings is 1. The van der Waals surface area contributed by atoms with Gasteiger partial charge in [-0.3, -0.25) is 0 Å². The summed E-state index contributed by atoms with van der Waals surface area (Å²) in [5.74, 6) is 0.512. The van der Waals surface area contributed by atoms with Crippen molar-refractivity contribution in [2.75, 3.05) is 0 Å². The zero-order valence-electron chi connectivity index (χ0n) is 11.1. The number of carboxylic acid groups (broad SMARTS) is 1. The standard InChI is InChI=1S/C13H16N2O3S/c1-8(2)10-6-9(12(19-10)13(16)17)18-7-11-14-4-5-15(11)3/h4-6,8H,7H2,1-3H3,(H,16,17). The van der Waals surface area contributed by atoms with Gasteiger partial charge in [-0.1, -0.05) is 13.8 Å². The fraction of sp³-hybridized carbons (Fsp3) is 0.385. The Kier molecular flexibility index (Phi) is 3.90. The Hall–Kier alpha value is -1.82. The minimum Gasteiger partial charge on any atom is -0.484 e. The second-order valence-electron chi connectivity index (χ2n) is 4.55. The van der Waals surface area contributed by atoms with Crippen molar-refractivity contribution in [2.24, 2.45) is 7.05 Å². The number of aryl methyl sites for hydroxylation is 1. The highest BCUT2D eigenvalue weighted by Crippen LogP contribution is 2.34. The molecule has 0 spiro atoms. The fourth-order valence-corrected chi connectivity index (χ4v) is 2.55. The fourth-order valence-electron chi connectivity index (χ4n) is 1.61. The van der Waals surface area contributed by atoms with Crippen LogP contribution >= 0.6 is 11.3 Å². The maximum atomic E-state index is 11.2. The van der Waals surface area contributed by atoms with Gasteiger partial charge in [0.25, 0.3) is 0 Å². The monoisotopic (exact) mass is 280 g/mol. The summed E-state index contributed by atoms with van der Waals surface area (Å²) < 4.78 is 7.44. The first-order valence-electron chi connectivity index (χ1n) is 5.95. The molecule has 1 N–H and O–H groups in total. The van der Waals surface area contributed by atoms with E-state index in [1.807, 2.05) is 37.7 Å². The zero-order valence-corrected chi connectivity index (χ0v) is 11.9. The number of carbonyl (C=O) groups is 1. The van der Waals surface area contributed by atoms with Gasteiger partial charge in [0.15, 0.2) is 4.88 Å². The molecule has 0 atom stereocenters. The van der Waals surface area contributed by atoms with Crippen LogP contribution in [0.1, 0.15) is 40.1 Å². The first-order valence-corrected chi connectivity index (χ1v) is 6.76. The van der Waals surface area contributed by atoms with Gasteiger partial charge in [0.2, 0.25) is 0 Å². The van der Waals surface area contributed by atoms with Gasteiger partial charge in [0.1, 0.15) is 18.2 Å². The maximum Gasteiger partial charge on any atom is 0.349 e. The van der Waals surface area contributed by atoms with E-state index in [4.69, 9.17) is 4.74 Å². The first kappa shape index (κ1) is 13.6. The molecular formula is C13H16N2O3S. The number of hydrogen-bond acceptors (Lipinski definition) is 4. The average Bonchev–Trinajstić information content (AvgIpc) is 2.92. The molecule has 0 aliphatic heterocycles. The largest absolute Gasteiger partial charge is 0.484 e. The lowest BCUT2D eigenvalue weighted by Crippen LogP contribution is -2.04. The van der Waals surface area contributed by atoms with Crippen molar-refractivity contribution in [3.63, 3.8) is 0 Å². The zero-order chi connectivity index (χ0) is 14.0. The molecule has 19 heavy (non-hydrogen) atoms. The van der Waals surface area contributed by atoms with E-state index in [0.717, 1.165) is 10.7 Å². The summed E-state index contributed by atoms with van der Waals surface area (Å²) in [6.45, 7) is 4.32. The maximum absolute atomic E-state index is 11.2. The number of aromatic nitrogens is 2. The number of carboxylic acids is 1. The Balaban J connectivity index is 2.19. The predicted octanol–water partition coefficient (Wildman–Crippen LogP) is 2.88. The minimum absolute atomic E-state index is 0.248. The van der Waals surface area contributed by atoms with Crippen molar-refractivity contribution in [2.45, 2.75) is 26.4 Å². The lowest BCUT2D eigenvalue weighted by molar-refractivity contribution is 0.0697. The highest BCUT2D eigenvalue weighted by atomic mass is 32.1. The van der Waals surface area contributed by atoms with E-state index in [1.165, 1.54) is 11.3 Å². The molecule has 2 aromatic rings. The van der Waals surface area contributed by atoms with Crippen LogP contribution in [0.5, 0.6) is 5.75 Å². The van der Waals surface area contributed by atoms with Crippen LogP contribution in [0, 0.1) is 0 Å². The Morgan fingerprint density at radius 1 is 1.58 bits per heavy atom. The quantitative estimate of drug-likeness (QED) is 0.914. The van der Waals surface area contributed by atoms with Crippen LogP contribution in [0.15, 0.2) is 18.5 Å². The minimum atomic E-state index is -0.952. The number of imidazole rings is 1. The summed E-state index contributed by atoms with van der Waals surface area (Å²) in [5, 5.41) is 9.18. The van der Waals surface area contributed by atoms with Crippen LogP contribution in [-0.4, -0.2) is 20.6 Å². The van der Waals surface area contributed by atoms with E-state index in [0.29, 0.717) is 5.75 Å². The molecule has 0 aromatic carbocycles. The average molecular weight is 280 g/mol. The Morgan fingerprint density at radius 3 is 2.84 bits per heavy atom. The van der Waals surface area contributed by atoms with Gasteiger partial charge in [-0.05, 0) is 12.0 Å². The molecule has 5 nitrogen and oxygen atoms in total. The van der Waals surface area contributed by atoms with Crippen molar-refractivity contribution >= 4 is 17.3 Å². The smallest absolute Gasteiger partial charge is 0.349 e. The highest BCUT2D eigenvalue weighted by molar-refractivity contribution is 7.14. The number of ether oxygens (including phenoxy) is 1. The molecule has 2 rings (SSSR count). The SMILES string of the molecule is CC(C)c1cc(OCc2nccn2C)c(C(=O)O)s1. The summed E-state index contributed by atoms with van der Waals surface area (Å²) in [7, 11) is 1.87. The van der Waals surface area contributed by atoms with Crippen LogP contribution in [0.4, 0.5) is 0 Å². The van der Waals surface area contributed by atoms with E-state index < -0.39 is 5.97 Å². The molecule has 102 valence electrons. The summed E-state index contributed by atoms with van der Waals surface area (Å²) in [5.41, 5.74) is 0. The van der Waals surface area contributed by atoms with Crippen LogP contribution in [0.25, 0.3) is 0 Å². The van der Waals surface area contributed by atoms with E-state index in [2.05, 4.69) is 4.98 Å². The van der Waals surface area contributed by atoms with Crippen LogP contribution in [-0.2, 0) is 13.7 Å². The summed E-state index contributed by atoms with van der Waals surface area (Å²) in [6.07, 6.45) is 3.51. The number of aromatic carboxylic acids is 1. The second-order valence-corrected chi connectivity index (χ2v) is 5.63. The number of nitrogens with zero attached hydrogens (tertiary/aromatic N) is 2.